The van der Waals surface area contributed by atoms with Crippen LogP contribution in [0.4, 0.5) is 0 Å². The molecular weight excluding hydrogens is 464 g/mol. The van der Waals surface area contributed by atoms with E-state index in [0.29, 0.717) is 39.9 Å². The van der Waals surface area contributed by atoms with E-state index in [1.165, 1.54) is 7.11 Å². The lowest BCUT2D eigenvalue weighted by Gasteiger charge is -2.28. The minimum Gasteiger partial charge on any atom is -0.497 e. The highest BCUT2D eigenvalue weighted by Gasteiger charge is 2.34. The lowest BCUT2D eigenvalue weighted by Crippen LogP contribution is -2.39. The highest BCUT2D eigenvalue weighted by atomic mass is 16.6. The average molecular weight is 486 g/mol. The highest BCUT2D eigenvalue weighted by molar-refractivity contribution is 5.78. The number of benzene rings is 3. The van der Waals surface area contributed by atoms with Crippen LogP contribution in [0.25, 0.3) is 0 Å². The van der Waals surface area contributed by atoms with Crippen molar-refractivity contribution in [3.05, 3.63) is 83.2 Å². The van der Waals surface area contributed by atoms with Gasteiger partial charge in [0.15, 0.2) is 11.5 Å². The van der Waals surface area contributed by atoms with Gasteiger partial charge in [-0.25, -0.2) is 4.79 Å². The normalized spacial score (nSPS) is 17.8. The number of para-hydroxylation sites is 2. The second kappa shape index (κ2) is 9.43. The van der Waals surface area contributed by atoms with Crippen LogP contribution in [0.5, 0.6) is 34.5 Å². The fraction of sp³-hybridized carbons (Fsp3) is 0.185. The first-order valence-corrected chi connectivity index (χ1v) is 11.1. The fourth-order valence-corrected chi connectivity index (χ4v) is 4.19. The van der Waals surface area contributed by atoms with E-state index < -0.39 is 18.0 Å². The second-order valence-electron chi connectivity index (χ2n) is 8.02. The van der Waals surface area contributed by atoms with Crippen LogP contribution >= 0.6 is 0 Å². The summed E-state index contributed by atoms with van der Waals surface area (Å²) in [5, 5.41) is 9.84. The molecule has 2 N–H and O–H groups in total. The molecule has 0 aliphatic carbocycles. The van der Waals surface area contributed by atoms with Crippen LogP contribution in [-0.4, -0.2) is 32.9 Å². The zero-order chi connectivity index (χ0) is 25.2. The van der Waals surface area contributed by atoms with E-state index in [0.717, 1.165) is 0 Å². The first-order chi connectivity index (χ1) is 17.5. The molecule has 0 spiro atoms. The van der Waals surface area contributed by atoms with Gasteiger partial charge in [0.2, 0.25) is 12.0 Å². The quantitative estimate of drug-likeness (QED) is 0.425. The number of fused-ring (bicyclic) bond motifs is 2. The Morgan fingerprint density at radius 2 is 1.72 bits per heavy atom. The molecule has 9 heteroatoms. The van der Waals surface area contributed by atoms with E-state index >= 15 is 0 Å². The molecule has 0 amide bonds. The monoisotopic (exact) mass is 486 g/mol. The predicted octanol–water partition coefficient (Wildman–Crippen LogP) is 3.67. The van der Waals surface area contributed by atoms with Crippen LogP contribution in [0, 0.1) is 11.3 Å². The molecule has 3 aromatic carbocycles. The summed E-state index contributed by atoms with van der Waals surface area (Å²) in [6, 6.07) is 19.5. The number of ether oxygens (including phenoxy) is 6. The Morgan fingerprint density at radius 1 is 0.972 bits per heavy atom. The number of nitrogens with zero attached hydrogens (tertiary/aromatic N) is 1. The maximum atomic E-state index is 12.8. The number of allylic oxidation sites excluding steroid dienone is 1. The molecule has 2 aliphatic rings. The predicted molar refractivity (Wildman–Crippen MR) is 127 cm³/mol. The summed E-state index contributed by atoms with van der Waals surface area (Å²) in [5.74, 6) is 1.54. The van der Waals surface area contributed by atoms with Gasteiger partial charge < -0.3 is 34.2 Å². The number of carbonyl (C=O) groups excluding carboxylic acids is 1. The van der Waals surface area contributed by atoms with Crippen LogP contribution in [0.2, 0.25) is 0 Å². The van der Waals surface area contributed by atoms with E-state index in [1.807, 2.05) is 12.1 Å². The third-order valence-corrected chi connectivity index (χ3v) is 5.93. The third kappa shape index (κ3) is 4.09. The number of carbonyl (C=O) groups is 1. The minimum absolute atomic E-state index is 0.0256. The van der Waals surface area contributed by atoms with Crippen molar-refractivity contribution in [3.63, 3.8) is 0 Å². The molecule has 36 heavy (non-hydrogen) atoms. The molecule has 0 fully saturated rings. The molecule has 2 unspecified atom stereocenters. The Bertz CT molecular complexity index is 1410. The summed E-state index contributed by atoms with van der Waals surface area (Å²) in [4.78, 5) is 12.8. The smallest absolute Gasteiger partial charge is 0.356 e. The van der Waals surface area contributed by atoms with Crippen molar-refractivity contribution in [3.8, 4) is 40.6 Å². The lowest BCUT2D eigenvalue weighted by atomic mass is 9.83. The first kappa shape index (κ1) is 22.9. The summed E-state index contributed by atoms with van der Waals surface area (Å²) < 4.78 is 33.5. The Hall–Kier alpha value is -4.84. The van der Waals surface area contributed by atoms with Crippen LogP contribution in [0.15, 0.2) is 72.1 Å². The van der Waals surface area contributed by atoms with E-state index in [2.05, 4.69) is 6.07 Å². The first-order valence-electron chi connectivity index (χ1n) is 11.1. The Balaban J connectivity index is 1.44. The van der Waals surface area contributed by atoms with Crippen molar-refractivity contribution >= 4 is 5.97 Å². The molecule has 2 heterocycles. The molecule has 0 bridgehead atoms. The largest absolute Gasteiger partial charge is 0.497 e. The second-order valence-corrected chi connectivity index (χ2v) is 8.02. The summed E-state index contributed by atoms with van der Waals surface area (Å²) >= 11 is 0. The zero-order valence-corrected chi connectivity index (χ0v) is 19.5. The van der Waals surface area contributed by atoms with Gasteiger partial charge >= 0.3 is 5.97 Å². The van der Waals surface area contributed by atoms with Gasteiger partial charge in [-0.15, -0.1) is 0 Å². The van der Waals surface area contributed by atoms with Gasteiger partial charge in [-0.3, -0.25) is 0 Å². The van der Waals surface area contributed by atoms with Crippen LogP contribution in [0.1, 0.15) is 17.0 Å². The van der Waals surface area contributed by atoms with Crippen LogP contribution in [-0.2, 0) is 4.79 Å². The van der Waals surface area contributed by atoms with Gasteiger partial charge in [0.25, 0.3) is 0 Å². The van der Waals surface area contributed by atoms with Crippen molar-refractivity contribution in [1.29, 1.82) is 5.26 Å². The van der Waals surface area contributed by atoms with Crippen molar-refractivity contribution in [1.82, 2.24) is 0 Å². The summed E-state index contributed by atoms with van der Waals surface area (Å²) in [6.45, 7) is 0.0256. The topological polar surface area (TPSA) is 122 Å². The zero-order valence-electron chi connectivity index (χ0n) is 19.5. The molecule has 2 aliphatic heterocycles. The lowest BCUT2D eigenvalue weighted by molar-refractivity contribution is -0.144. The maximum absolute atomic E-state index is 12.8. The maximum Gasteiger partial charge on any atom is 0.356 e. The average Bonchev–Trinajstić information content (AvgIpc) is 2.91. The van der Waals surface area contributed by atoms with E-state index in [-0.39, 0.29) is 23.8 Å². The van der Waals surface area contributed by atoms with Crippen molar-refractivity contribution in [2.24, 2.45) is 5.73 Å². The summed E-state index contributed by atoms with van der Waals surface area (Å²) in [5.41, 5.74) is 7.73. The van der Waals surface area contributed by atoms with E-state index in [4.69, 9.17) is 34.2 Å². The van der Waals surface area contributed by atoms with Crippen molar-refractivity contribution < 1.29 is 33.2 Å². The van der Waals surface area contributed by atoms with Crippen LogP contribution < -0.4 is 34.2 Å². The molecule has 5 rings (SSSR count). The molecule has 0 saturated heterocycles. The Morgan fingerprint density at radius 3 is 2.47 bits per heavy atom. The number of nitriles is 1. The van der Waals surface area contributed by atoms with Gasteiger partial charge in [0.1, 0.15) is 41.2 Å². The van der Waals surface area contributed by atoms with Gasteiger partial charge in [-0.05, 0) is 24.3 Å². The van der Waals surface area contributed by atoms with Crippen molar-refractivity contribution in [2.45, 2.75) is 12.0 Å². The number of rotatable bonds is 5. The molecule has 9 nitrogen and oxygen atoms in total. The molecular formula is C27H22N2O7. The third-order valence-electron chi connectivity index (χ3n) is 5.93. The molecule has 2 atom stereocenters. The van der Waals surface area contributed by atoms with E-state index in [9.17, 15) is 10.1 Å². The number of hydrogen-bond acceptors (Lipinski definition) is 9. The minimum atomic E-state index is -0.927. The Labute approximate surface area is 207 Å². The van der Waals surface area contributed by atoms with Gasteiger partial charge in [0, 0.05) is 23.3 Å². The van der Waals surface area contributed by atoms with Gasteiger partial charge in [0.05, 0.1) is 20.1 Å². The summed E-state index contributed by atoms with van der Waals surface area (Å²) in [6.07, 6.45) is -0.927. The molecule has 0 saturated carbocycles. The van der Waals surface area contributed by atoms with E-state index in [1.54, 1.807) is 55.6 Å². The highest BCUT2D eigenvalue weighted by Crippen LogP contribution is 2.46. The number of hydrogen-bond donors (Lipinski definition) is 1. The van der Waals surface area contributed by atoms with Crippen molar-refractivity contribution in [2.75, 3.05) is 20.8 Å². The fourth-order valence-electron chi connectivity index (χ4n) is 4.19. The Kier molecular flexibility index (Phi) is 6.00. The van der Waals surface area contributed by atoms with Gasteiger partial charge in [-0.2, -0.15) is 5.26 Å². The number of esters is 1. The molecule has 182 valence electrons. The molecule has 0 radical (unpaired) electrons. The SMILES string of the molecule is COc1ccc(C2C(C#N)=C(N)Oc3cc(OC(=O)C4COc5ccccc5O4)ccc32)c(OC)c1. The standard InChI is InChI=1S/C27H22N2O7/c1-31-15-7-9-17(22(11-15)32-2)25-18-10-8-16(12-23(18)36-26(29)19(25)13-28)34-27(30)24-14-33-20-5-3-4-6-21(20)35-24/h3-12,24-25H,14,29H2,1-2H3. The van der Waals surface area contributed by atoms with Crippen LogP contribution in [0.3, 0.4) is 0 Å². The molecule has 0 aromatic heterocycles. The molecule has 3 aromatic rings. The number of methoxy groups -OCH3 is 2. The van der Waals surface area contributed by atoms with Gasteiger partial charge in [-0.1, -0.05) is 24.3 Å². The number of nitrogens with two attached hydrogens (primary N) is 1. The summed E-state index contributed by atoms with van der Waals surface area (Å²) in [7, 11) is 3.10.